The molecule has 6 aromatic carbocycles. The molecular formula is C42H30F16Si4. The second kappa shape index (κ2) is 16.0. The van der Waals surface area contributed by atoms with Crippen LogP contribution in [0.3, 0.4) is 0 Å². The Hall–Kier alpha value is -4.93. The summed E-state index contributed by atoms with van der Waals surface area (Å²) in [5, 5.41) is -6.49. The van der Waals surface area contributed by atoms with Crippen LogP contribution in [0, 0.1) is 87.3 Å². The van der Waals surface area contributed by atoms with Crippen molar-refractivity contribution >= 4 is 79.3 Å². The van der Waals surface area contributed by atoms with Crippen molar-refractivity contribution in [1.29, 1.82) is 0 Å². The average Bonchev–Trinajstić information content (AvgIpc) is 3.24. The van der Waals surface area contributed by atoms with Crippen LogP contribution in [0.25, 0.3) is 0 Å². The predicted octanol–water partition coefficient (Wildman–Crippen LogP) is 7.18. The topological polar surface area (TPSA) is 0 Å². The first kappa shape index (κ1) is 46.6. The Kier molecular flexibility index (Phi) is 12.0. The average molecular weight is 951 g/mol. The van der Waals surface area contributed by atoms with E-state index in [2.05, 4.69) is 0 Å². The fraction of sp³-hybridized carbons (Fsp3) is 0.143. The monoisotopic (exact) mass is 950 g/mol. The largest absolute Gasteiger partial charge is 0.339 e. The Bertz CT molecular complexity index is 2440. The highest BCUT2D eigenvalue weighted by Crippen LogP contribution is 2.25. The Balaban J connectivity index is 1.82. The molecule has 0 aliphatic carbocycles. The predicted molar refractivity (Wildman–Crippen MR) is 214 cm³/mol. The van der Waals surface area contributed by atoms with Gasteiger partial charge in [-0.15, -0.1) is 0 Å². The van der Waals surface area contributed by atoms with E-state index in [0.29, 0.717) is 0 Å². The van der Waals surface area contributed by atoms with E-state index in [-0.39, 0.29) is 15.6 Å². The van der Waals surface area contributed by atoms with E-state index in [1.165, 1.54) is 36.4 Å². The molecule has 6 aromatic rings. The lowest BCUT2D eigenvalue weighted by Gasteiger charge is -2.38. The van der Waals surface area contributed by atoms with E-state index in [1.807, 2.05) is 0 Å². The van der Waals surface area contributed by atoms with Crippen LogP contribution in [0.2, 0.25) is 39.3 Å². The molecule has 0 heterocycles. The number of hydrogen-bond donors (Lipinski definition) is 0. The molecule has 0 fully saturated rings. The summed E-state index contributed by atoms with van der Waals surface area (Å²) < 4.78 is 247. The SMILES string of the molecule is C[Si](C)(c1ccccc1[Si](F)(c1ccccc1[Si](C)(C)c1c(F)c(F)c(F)c(F)c1F)c1ccccc1[Si](C)(C)c1c(F)c(F)c(F)c(F)c1F)c1c(F)c(F)c(F)c(F)c1F. The molecular weight excluding hydrogens is 921 g/mol. The van der Waals surface area contributed by atoms with Crippen molar-refractivity contribution in [3.05, 3.63) is 160 Å². The van der Waals surface area contributed by atoms with E-state index in [4.69, 9.17) is 0 Å². The number of hydrogen-bond acceptors (Lipinski definition) is 0. The highest BCUT2D eigenvalue weighted by Gasteiger charge is 2.53. The molecule has 0 atom stereocenters. The van der Waals surface area contributed by atoms with E-state index in [1.54, 1.807) is 0 Å². The summed E-state index contributed by atoms with van der Waals surface area (Å²) in [6.07, 6.45) is 0. The van der Waals surface area contributed by atoms with E-state index in [0.717, 1.165) is 75.7 Å². The van der Waals surface area contributed by atoms with Gasteiger partial charge in [0.05, 0.1) is 0 Å². The molecule has 0 saturated carbocycles. The van der Waals surface area contributed by atoms with Gasteiger partial charge in [-0.1, -0.05) is 128 Å². The first-order chi connectivity index (χ1) is 28.7. The maximum atomic E-state index is 20.2. The van der Waals surface area contributed by atoms with Gasteiger partial charge >= 0.3 is 8.41 Å². The highest BCUT2D eigenvalue weighted by atomic mass is 28.4. The minimum atomic E-state index is -5.87. The summed E-state index contributed by atoms with van der Waals surface area (Å²) in [5.74, 6) is -34.8. The summed E-state index contributed by atoms with van der Waals surface area (Å²) in [5.41, 5.74) is 0. The van der Waals surface area contributed by atoms with Gasteiger partial charge in [0.15, 0.2) is 69.8 Å². The lowest BCUT2D eigenvalue weighted by atomic mass is 10.3. The van der Waals surface area contributed by atoms with Gasteiger partial charge in [-0.05, 0) is 15.6 Å². The van der Waals surface area contributed by atoms with Gasteiger partial charge in [-0.25, -0.2) is 65.9 Å². The van der Waals surface area contributed by atoms with Crippen LogP contribution >= 0.6 is 0 Å². The molecule has 0 N–H and O–H groups in total. The number of rotatable bonds is 9. The lowest BCUT2D eigenvalue weighted by Crippen LogP contribution is -2.80. The summed E-state index contributed by atoms with van der Waals surface area (Å²) >= 11 is 0. The van der Waals surface area contributed by atoms with Crippen LogP contribution in [-0.4, -0.2) is 32.6 Å². The van der Waals surface area contributed by atoms with Crippen molar-refractivity contribution in [3.8, 4) is 0 Å². The van der Waals surface area contributed by atoms with Gasteiger partial charge in [-0.2, -0.15) is 0 Å². The van der Waals surface area contributed by atoms with E-state index < -0.39 is 151 Å². The van der Waals surface area contributed by atoms with Crippen LogP contribution in [0.1, 0.15) is 0 Å². The third kappa shape index (κ3) is 6.78. The van der Waals surface area contributed by atoms with Gasteiger partial charge in [0, 0.05) is 15.6 Å². The third-order valence-corrected chi connectivity index (χ3v) is 26.1. The van der Waals surface area contributed by atoms with Crippen molar-refractivity contribution in [1.82, 2.24) is 0 Å². The van der Waals surface area contributed by atoms with Crippen molar-refractivity contribution < 1.29 is 70.0 Å². The zero-order valence-corrected chi connectivity index (χ0v) is 37.0. The molecule has 0 amide bonds. The minimum Gasteiger partial charge on any atom is -0.296 e. The molecule has 0 unspecified atom stereocenters. The number of benzene rings is 6. The smallest absolute Gasteiger partial charge is 0.296 e. The van der Waals surface area contributed by atoms with Gasteiger partial charge in [0.25, 0.3) is 0 Å². The van der Waals surface area contributed by atoms with Crippen LogP contribution in [0.5, 0.6) is 0 Å². The normalized spacial score (nSPS) is 12.7. The quantitative estimate of drug-likeness (QED) is 0.0361. The molecule has 0 nitrogen and oxygen atoms in total. The Morgan fingerprint density at radius 1 is 0.242 bits per heavy atom. The molecule has 0 aliphatic heterocycles. The Morgan fingerprint density at radius 2 is 0.387 bits per heavy atom. The second-order valence-electron chi connectivity index (χ2n) is 16.0. The van der Waals surface area contributed by atoms with Crippen LogP contribution in [0.4, 0.5) is 70.0 Å². The maximum Gasteiger partial charge on any atom is 0.339 e. The van der Waals surface area contributed by atoms with E-state index >= 15 is 30.5 Å². The molecule has 0 spiro atoms. The Labute approximate surface area is 347 Å². The molecule has 20 heteroatoms. The summed E-state index contributed by atoms with van der Waals surface area (Å²) in [4.78, 5) is 0. The highest BCUT2D eigenvalue weighted by molar-refractivity contribution is 7.18. The van der Waals surface area contributed by atoms with Crippen LogP contribution in [-0.2, 0) is 0 Å². The summed E-state index contributed by atoms with van der Waals surface area (Å²) in [6.45, 7) is 6.74. The maximum absolute atomic E-state index is 20.2. The standard InChI is InChI=1S/C42H30F16Si4/c1-59(2,40-34(52)28(46)25(43)29(47)35(40)53)19-13-7-10-16-22(19)62(58,23-17-11-8-14-20(23)60(3,4)41-36(54)30(48)26(44)31(49)37(41)55)24-18-12-9-15-21(24)61(5,6)42-38(56)32(50)27(45)33(51)39(42)57/h7-18H,1-6H3. The van der Waals surface area contributed by atoms with Crippen molar-refractivity contribution in [2.24, 2.45) is 0 Å². The third-order valence-electron chi connectivity index (χ3n) is 11.4. The minimum absolute atomic E-state index is 0.339. The first-order valence-electron chi connectivity index (χ1n) is 18.3. The van der Waals surface area contributed by atoms with Crippen molar-refractivity contribution in [3.63, 3.8) is 0 Å². The lowest BCUT2D eigenvalue weighted by molar-refractivity contribution is 0.383. The van der Waals surface area contributed by atoms with Crippen LogP contribution < -0.4 is 46.7 Å². The molecule has 6 rings (SSSR count). The summed E-state index contributed by atoms with van der Waals surface area (Å²) in [7, 11) is -19.3. The summed E-state index contributed by atoms with van der Waals surface area (Å²) in [6, 6.07) is 14.0. The van der Waals surface area contributed by atoms with Gasteiger partial charge in [-0.3, -0.25) is 4.11 Å². The number of halogens is 16. The molecule has 62 heavy (non-hydrogen) atoms. The van der Waals surface area contributed by atoms with Crippen LogP contribution in [0.15, 0.2) is 72.8 Å². The fourth-order valence-electron chi connectivity index (χ4n) is 8.29. The molecule has 0 aromatic heterocycles. The fourth-order valence-corrected chi connectivity index (χ4v) is 24.4. The molecule has 0 saturated heterocycles. The molecule has 0 aliphatic rings. The second-order valence-corrected chi connectivity index (χ2v) is 31.8. The van der Waals surface area contributed by atoms with Gasteiger partial charge < -0.3 is 0 Å². The van der Waals surface area contributed by atoms with E-state index in [9.17, 15) is 39.5 Å². The molecule has 0 radical (unpaired) electrons. The zero-order valence-electron chi connectivity index (χ0n) is 33.0. The van der Waals surface area contributed by atoms with Crippen molar-refractivity contribution in [2.75, 3.05) is 0 Å². The van der Waals surface area contributed by atoms with Gasteiger partial charge in [0.2, 0.25) is 17.5 Å². The zero-order chi connectivity index (χ0) is 46.3. The van der Waals surface area contributed by atoms with Crippen molar-refractivity contribution in [2.45, 2.75) is 39.3 Å². The molecule has 0 bridgehead atoms. The first-order valence-corrected chi connectivity index (χ1v) is 29.1. The Morgan fingerprint density at radius 3 is 0.565 bits per heavy atom. The van der Waals surface area contributed by atoms with Gasteiger partial charge in [0.1, 0.15) is 24.2 Å². The molecule has 326 valence electrons.